The number of benzene rings is 1. The minimum Gasteiger partial charge on any atom is -0.486 e. The van der Waals surface area contributed by atoms with Crippen LogP contribution in [-0.2, 0) is 4.79 Å². The van der Waals surface area contributed by atoms with Crippen molar-refractivity contribution in [3.63, 3.8) is 0 Å². The molecule has 8 heteroatoms. The number of aryl methyl sites for hydroxylation is 1. The third-order valence-corrected chi connectivity index (χ3v) is 4.00. The summed E-state index contributed by atoms with van der Waals surface area (Å²) in [4.78, 5) is 17.0. The third kappa shape index (κ3) is 3.54. The molecule has 1 amide bonds. The molecule has 7 nitrogen and oxygen atoms in total. The lowest BCUT2D eigenvalue weighted by Crippen LogP contribution is -2.21. The van der Waals surface area contributed by atoms with E-state index in [0.29, 0.717) is 18.1 Å². The minimum absolute atomic E-state index is 0.166. The molecule has 0 saturated carbocycles. The lowest BCUT2D eigenvalue weighted by Gasteiger charge is -2.11. The molecule has 0 radical (unpaired) electrons. The molecule has 1 N–H and O–H groups in total. The first-order chi connectivity index (χ1) is 11.7. The fourth-order valence-electron chi connectivity index (χ4n) is 1.99. The van der Waals surface area contributed by atoms with Crippen LogP contribution in [0.4, 0.5) is 5.95 Å². The summed E-state index contributed by atoms with van der Waals surface area (Å²) in [5, 5.41) is 8.79. The maximum Gasteiger partial charge on any atom is 0.264 e. The number of anilines is 1. The highest BCUT2D eigenvalue weighted by Gasteiger charge is 2.12. The van der Waals surface area contributed by atoms with Gasteiger partial charge in [0.05, 0.1) is 5.69 Å². The van der Waals surface area contributed by atoms with Crippen molar-refractivity contribution < 1.29 is 14.3 Å². The van der Waals surface area contributed by atoms with Crippen molar-refractivity contribution in [1.82, 2.24) is 14.6 Å². The van der Waals surface area contributed by atoms with E-state index in [9.17, 15) is 4.79 Å². The molecule has 2 aromatic heterocycles. The quantitative estimate of drug-likeness (QED) is 0.667. The number of nitrogens with one attached hydrogen (secondary N) is 1. The number of thiazole rings is 1. The lowest BCUT2D eigenvalue weighted by atomic mass is 10.3. The number of carbonyl (C=O) groups is 1. The van der Waals surface area contributed by atoms with Crippen LogP contribution in [0.25, 0.3) is 4.96 Å². The van der Waals surface area contributed by atoms with Crippen molar-refractivity contribution in [3.05, 3.63) is 48.0 Å². The number of hydrogen-bond acceptors (Lipinski definition) is 6. The van der Waals surface area contributed by atoms with E-state index in [1.54, 1.807) is 22.7 Å². The van der Waals surface area contributed by atoms with Crippen LogP contribution < -0.4 is 14.8 Å². The van der Waals surface area contributed by atoms with Crippen LogP contribution in [0, 0.1) is 6.92 Å². The molecule has 0 saturated heterocycles. The van der Waals surface area contributed by atoms with Crippen molar-refractivity contribution in [2.75, 3.05) is 18.5 Å². The first-order valence-electron chi connectivity index (χ1n) is 7.23. The van der Waals surface area contributed by atoms with Crippen molar-refractivity contribution in [3.8, 4) is 11.5 Å². The van der Waals surface area contributed by atoms with Crippen molar-refractivity contribution in [1.29, 1.82) is 0 Å². The second-order valence-corrected chi connectivity index (χ2v) is 5.73. The summed E-state index contributed by atoms with van der Waals surface area (Å²) in [6.45, 7) is 5.72. The molecule has 0 bridgehead atoms. The molecular weight excluding hydrogens is 328 g/mol. The summed E-state index contributed by atoms with van der Waals surface area (Å²) in [5.41, 5.74) is 0.965. The number of aromatic nitrogens is 3. The molecule has 124 valence electrons. The topological polar surface area (TPSA) is 77.8 Å². The first kappa shape index (κ1) is 16.0. The molecule has 0 aliphatic heterocycles. The zero-order valence-electron chi connectivity index (χ0n) is 13.1. The van der Waals surface area contributed by atoms with Gasteiger partial charge in [0.15, 0.2) is 18.1 Å². The van der Waals surface area contributed by atoms with Gasteiger partial charge in [-0.2, -0.15) is 4.98 Å². The molecule has 0 aliphatic rings. The van der Waals surface area contributed by atoms with Gasteiger partial charge in [-0.15, -0.1) is 16.4 Å². The summed E-state index contributed by atoms with van der Waals surface area (Å²) in [5.74, 6) is 0.963. The van der Waals surface area contributed by atoms with Gasteiger partial charge >= 0.3 is 0 Å². The molecule has 24 heavy (non-hydrogen) atoms. The fraction of sp³-hybridized carbons (Fsp3) is 0.188. The SMILES string of the molecule is C=CCOc1ccccc1OCC(=O)Nc1nc2scc(C)n2n1. The van der Waals surface area contributed by atoms with Gasteiger partial charge in [0.25, 0.3) is 11.9 Å². The number of rotatable bonds is 7. The maximum atomic E-state index is 12.0. The zero-order valence-corrected chi connectivity index (χ0v) is 13.9. The Kier molecular flexibility index (Phi) is 4.76. The van der Waals surface area contributed by atoms with Gasteiger partial charge in [-0.05, 0) is 19.1 Å². The third-order valence-electron chi connectivity index (χ3n) is 3.06. The number of ether oxygens (including phenoxy) is 2. The monoisotopic (exact) mass is 344 g/mol. The molecule has 0 spiro atoms. The maximum absolute atomic E-state index is 12.0. The van der Waals surface area contributed by atoms with Gasteiger partial charge < -0.3 is 9.47 Å². The Labute approximate surface area is 142 Å². The predicted octanol–water partition coefficient (Wildman–Crippen LogP) is 2.68. The Morgan fingerprint density at radius 1 is 1.38 bits per heavy atom. The Morgan fingerprint density at radius 2 is 2.12 bits per heavy atom. The van der Waals surface area contributed by atoms with Crippen molar-refractivity contribution in [2.24, 2.45) is 0 Å². The van der Waals surface area contributed by atoms with Crippen LogP contribution in [0.1, 0.15) is 5.69 Å². The van der Waals surface area contributed by atoms with Crippen molar-refractivity contribution >= 4 is 28.2 Å². The number of carbonyl (C=O) groups excluding carboxylic acids is 1. The second kappa shape index (κ2) is 7.14. The molecule has 0 fully saturated rings. The van der Waals surface area contributed by atoms with Crippen LogP contribution in [0.3, 0.4) is 0 Å². The van der Waals surface area contributed by atoms with E-state index in [1.807, 2.05) is 24.4 Å². The van der Waals surface area contributed by atoms with E-state index < -0.39 is 0 Å². The van der Waals surface area contributed by atoms with E-state index in [4.69, 9.17) is 9.47 Å². The highest BCUT2D eigenvalue weighted by molar-refractivity contribution is 7.15. The standard InChI is InChI=1S/C16H16N4O3S/c1-3-8-22-12-6-4-5-7-13(12)23-9-14(21)17-15-18-16-20(19-15)11(2)10-24-16/h3-7,10H,1,8-9H2,2H3,(H,17,19,21). The highest BCUT2D eigenvalue weighted by atomic mass is 32.1. The first-order valence-corrected chi connectivity index (χ1v) is 8.11. The molecular formula is C16H16N4O3S. The van der Waals surface area contributed by atoms with Gasteiger partial charge in [-0.25, -0.2) is 4.52 Å². The number of fused-ring (bicyclic) bond motifs is 1. The van der Waals surface area contributed by atoms with Gasteiger partial charge in [0, 0.05) is 5.38 Å². The van der Waals surface area contributed by atoms with E-state index >= 15 is 0 Å². The predicted molar refractivity (Wildman–Crippen MR) is 91.9 cm³/mol. The van der Waals surface area contributed by atoms with Gasteiger partial charge in [0.2, 0.25) is 4.96 Å². The molecule has 0 aliphatic carbocycles. The number of para-hydroxylation sites is 2. The second-order valence-electron chi connectivity index (χ2n) is 4.89. The normalized spacial score (nSPS) is 10.5. The van der Waals surface area contributed by atoms with Crippen LogP contribution in [-0.4, -0.2) is 33.7 Å². The summed E-state index contributed by atoms with van der Waals surface area (Å²) in [7, 11) is 0. The van der Waals surface area contributed by atoms with Gasteiger partial charge in [0.1, 0.15) is 6.61 Å². The Morgan fingerprint density at radius 3 is 2.83 bits per heavy atom. The fourth-order valence-corrected chi connectivity index (χ4v) is 2.79. The molecule has 0 atom stereocenters. The van der Waals surface area contributed by atoms with Crippen LogP contribution in [0.15, 0.2) is 42.3 Å². The Balaban J connectivity index is 1.60. The van der Waals surface area contributed by atoms with Gasteiger partial charge in [-0.3, -0.25) is 10.1 Å². The Hall–Kier alpha value is -2.87. The van der Waals surface area contributed by atoms with Crippen LogP contribution >= 0.6 is 11.3 Å². The average Bonchev–Trinajstić information content (AvgIpc) is 3.13. The smallest absolute Gasteiger partial charge is 0.264 e. The van der Waals surface area contributed by atoms with E-state index in [-0.39, 0.29) is 18.5 Å². The molecule has 3 rings (SSSR count). The largest absolute Gasteiger partial charge is 0.486 e. The Bertz CT molecular complexity index is 871. The molecule has 0 unspecified atom stereocenters. The summed E-state index contributed by atoms with van der Waals surface area (Å²) < 4.78 is 12.7. The molecule has 3 aromatic rings. The zero-order chi connectivity index (χ0) is 16.9. The number of amides is 1. The van der Waals surface area contributed by atoms with E-state index in [2.05, 4.69) is 22.0 Å². The van der Waals surface area contributed by atoms with Crippen LogP contribution in [0.5, 0.6) is 11.5 Å². The lowest BCUT2D eigenvalue weighted by molar-refractivity contribution is -0.118. The average molecular weight is 344 g/mol. The van der Waals surface area contributed by atoms with Gasteiger partial charge in [-0.1, -0.05) is 24.8 Å². The van der Waals surface area contributed by atoms with E-state index in [1.165, 1.54) is 11.3 Å². The molecule has 1 aromatic carbocycles. The summed E-state index contributed by atoms with van der Waals surface area (Å²) in [6.07, 6.45) is 1.64. The minimum atomic E-state index is -0.343. The van der Waals surface area contributed by atoms with Crippen molar-refractivity contribution in [2.45, 2.75) is 6.92 Å². The number of nitrogens with zero attached hydrogens (tertiary/aromatic N) is 3. The highest BCUT2D eigenvalue weighted by Crippen LogP contribution is 2.26. The summed E-state index contributed by atoms with van der Waals surface area (Å²) >= 11 is 1.46. The van der Waals surface area contributed by atoms with Crippen LogP contribution in [0.2, 0.25) is 0 Å². The number of hydrogen-bond donors (Lipinski definition) is 1. The summed E-state index contributed by atoms with van der Waals surface area (Å²) in [6, 6.07) is 7.14. The molecule has 2 heterocycles. The van der Waals surface area contributed by atoms with E-state index in [0.717, 1.165) is 10.7 Å².